The fourth-order valence-corrected chi connectivity index (χ4v) is 3.45. The molecule has 0 saturated heterocycles. The van der Waals surface area contributed by atoms with Crippen LogP contribution < -0.4 is 37.2 Å². The third-order valence-corrected chi connectivity index (χ3v) is 4.60. The Morgan fingerprint density at radius 2 is 1.16 bits per heavy atom. The Morgan fingerprint density at radius 1 is 0.760 bits per heavy atom. The van der Waals surface area contributed by atoms with Crippen molar-refractivity contribution in [3.05, 3.63) is 94.6 Å². The van der Waals surface area contributed by atoms with Gasteiger partial charge in [-0.05, 0) is 5.41 Å². The van der Waals surface area contributed by atoms with Crippen molar-refractivity contribution >= 4 is 0 Å². The van der Waals surface area contributed by atoms with Gasteiger partial charge in [0.2, 0.25) is 0 Å². The third-order valence-electron chi connectivity index (χ3n) is 4.60. The van der Waals surface area contributed by atoms with Crippen molar-refractivity contribution < 1.29 is 58.9 Å². The van der Waals surface area contributed by atoms with Crippen LogP contribution in [0, 0.1) is 6.08 Å². The quantitative estimate of drug-likeness (QED) is 0.352. The first kappa shape index (κ1) is 26.7. The van der Waals surface area contributed by atoms with Crippen LogP contribution in [0.3, 0.4) is 0 Å². The molecule has 0 aliphatic heterocycles. The molecule has 0 bridgehead atoms. The number of hydrogen-bond acceptors (Lipinski definition) is 0. The van der Waals surface area contributed by atoms with Crippen LogP contribution >= 0.6 is 0 Å². The molecule has 0 spiro atoms. The molecule has 1 aliphatic rings. The largest absolute Gasteiger partial charge is 4.00 e. The molecule has 0 nitrogen and oxygen atoms in total. The summed E-state index contributed by atoms with van der Waals surface area (Å²) in [7, 11) is 0. The molecule has 0 fully saturated rings. The molecule has 0 aromatic heterocycles. The molecule has 1 aliphatic carbocycles. The predicted octanol–water partition coefficient (Wildman–Crippen LogP) is -3.53. The molecule has 130 valence electrons. The monoisotopic (exact) mass is 426 g/mol. The van der Waals surface area contributed by atoms with E-state index in [-0.39, 0.29) is 64.4 Å². The second kappa shape index (κ2) is 11.3. The summed E-state index contributed by atoms with van der Waals surface area (Å²) in [4.78, 5) is 0. The van der Waals surface area contributed by atoms with Gasteiger partial charge in [0.25, 0.3) is 0 Å². The summed E-state index contributed by atoms with van der Waals surface area (Å²) in [6, 6.07) is 21.6. The summed E-state index contributed by atoms with van der Waals surface area (Å²) in [6.45, 7) is 6.71. The second-order valence-electron chi connectivity index (χ2n) is 6.04. The minimum absolute atomic E-state index is 0. The SMILES string of the molecule is CC1=[C-]C(C)=C(C(C)(c2ccccc2)c2ccccc2)C1.[Cl-].[Cl-].[Cl-].[Ti+4]. The van der Waals surface area contributed by atoms with Gasteiger partial charge in [-0.25, -0.2) is 11.6 Å². The molecule has 0 unspecified atom stereocenters. The van der Waals surface area contributed by atoms with Crippen molar-refractivity contribution in [3.8, 4) is 0 Å². The van der Waals surface area contributed by atoms with Crippen LogP contribution in [-0.4, -0.2) is 0 Å². The average molecular weight is 428 g/mol. The summed E-state index contributed by atoms with van der Waals surface area (Å²) in [6.07, 6.45) is 4.53. The maximum Gasteiger partial charge on any atom is 4.00 e. The Balaban J connectivity index is 0. The van der Waals surface area contributed by atoms with E-state index in [1.807, 2.05) is 0 Å². The molecule has 0 amide bonds. The summed E-state index contributed by atoms with van der Waals surface area (Å²) < 4.78 is 0. The maximum atomic E-state index is 3.51. The van der Waals surface area contributed by atoms with E-state index in [4.69, 9.17) is 0 Å². The molecule has 0 radical (unpaired) electrons. The van der Waals surface area contributed by atoms with Crippen molar-refractivity contribution in [2.24, 2.45) is 0 Å². The Labute approximate surface area is 185 Å². The first-order valence-corrected chi connectivity index (χ1v) is 7.53. The van der Waals surface area contributed by atoms with Crippen molar-refractivity contribution in [2.45, 2.75) is 32.6 Å². The third kappa shape index (κ3) is 5.25. The van der Waals surface area contributed by atoms with Crippen molar-refractivity contribution in [1.82, 2.24) is 0 Å². The summed E-state index contributed by atoms with van der Waals surface area (Å²) in [5.41, 5.74) is 6.71. The minimum atomic E-state index is -0.0859. The van der Waals surface area contributed by atoms with Crippen LogP contribution in [0.1, 0.15) is 38.3 Å². The van der Waals surface area contributed by atoms with E-state index in [9.17, 15) is 0 Å². The predicted molar refractivity (Wildman–Crippen MR) is 89.1 cm³/mol. The van der Waals surface area contributed by atoms with E-state index >= 15 is 0 Å². The first-order chi connectivity index (χ1) is 10.1. The van der Waals surface area contributed by atoms with E-state index in [0.29, 0.717) is 0 Å². The minimum Gasteiger partial charge on any atom is -1.00 e. The molecule has 4 heteroatoms. The van der Waals surface area contributed by atoms with Gasteiger partial charge < -0.3 is 37.2 Å². The zero-order valence-electron chi connectivity index (χ0n) is 14.6. The van der Waals surface area contributed by atoms with E-state index in [0.717, 1.165) is 6.42 Å². The van der Waals surface area contributed by atoms with Crippen LogP contribution in [0.15, 0.2) is 77.4 Å². The Bertz CT molecular complexity index is 667. The van der Waals surface area contributed by atoms with E-state index in [1.165, 1.54) is 27.8 Å². The van der Waals surface area contributed by atoms with E-state index in [1.54, 1.807) is 0 Å². The standard InChI is InChI=1S/C21H21.3ClH.Ti/c1-16-14-17(2)20(15-16)21(3,18-10-6-4-7-11-18)19-12-8-5-9-13-19;;;;/h4-13H,15H2,1-3H3;3*1H;/q-1;;;;+4/p-3. The van der Waals surface area contributed by atoms with Gasteiger partial charge in [-0.2, -0.15) is 11.1 Å². The number of benzene rings is 2. The number of halogens is 3. The van der Waals surface area contributed by atoms with Gasteiger partial charge >= 0.3 is 21.7 Å². The summed E-state index contributed by atoms with van der Waals surface area (Å²) in [5.74, 6) is 0. The molecular weight excluding hydrogens is 406 g/mol. The van der Waals surface area contributed by atoms with Crippen LogP contribution in [0.2, 0.25) is 0 Å². The van der Waals surface area contributed by atoms with Crippen molar-refractivity contribution in [3.63, 3.8) is 0 Å². The Morgan fingerprint density at radius 3 is 1.48 bits per heavy atom. The molecule has 2 aromatic carbocycles. The molecule has 2 aromatic rings. The molecule has 25 heavy (non-hydrogen) atoms. The molecular formula is C21H21Cl3Ti. The zero-order chi connectivity index (χ0) is 14.9. The maximum absolute atomic E-state index is 3.51. The van der Waals surface area contributed by atoms with Gasteiger partial charge in [-0.3, -0.25) is 0 Å². The Kier molecular flexibility index (Phi) is 12.0. The summed E-state index contributed by atoms with van der Waals surface area (Å²) in [5, 5.41) is 0. The molecule has 0 saturated carbocycles. The molecule has 0 N–H and O–H groups in total. The van der Waals surface area contributed by atoms with Gasteiger partial charge in [-0.15, -0.1) is 0 Å². The average Bonchev–Trinajstić information content (AvgIpc) is 2.87. The zero-order valence-corrected chi connectivity index (χ0v) is 18.4. The number of rotatable bonds is 3. The normalized spacial score (nSPS) is 12.8. The van der Waals surface area contributed by atoms with Gasteiger partial charge in [-0.1, -0.05) is 99.0 Å². The topological polar surface area (TPSA) is 0 Å². The van der Waals surface area contributed by atoms with Gasteiger partial charge in [0, 0.05) is 0 Å². The molecule has 0 heterocycles. The van der Waals surface area contributed by atoms with Crippen LogP contribution in [0.4, 0.5) is 0 Å². The number of hydrogen-bond donors (Lipinski definition) is 0. The van der Waals surface area contributed by atoms with Crippen LogP contribution in [-0.2, 0) is 27.1 Å². The van der Waals surface area contributed by atoms with Gasteiger partial charge in [0.15, 0.2) is 0 Å². The number of allylic oxidation sites excluding steroid dienone is 4. The van der Waals surface area contributed by atoms with E-state index < -0.39 is 0 Å². The fourth-order valence-electron chi connectivity index (χ4n) is 3.45. The second-order valence-corrected chi connectivity index (χ2v) is 6.04. The van der Waals surface area contributed by atoms with E-state index in [2.05, 4.69) is 87.5 Å². The van der Waals surface area contributed by atoms with Crippen molar-refractivity contribution in [2.75, 3.05) is 0 Å². The van der Waals surface area contributed by atoms with Crippen LogP contribution in [0.5, 0.6) is 0 Å². The van der Waals surface area contributed by atoms with Gasteiger partial charge in [0.1, 0.15) is 0 Å². The molecule has 0 atom stereocenters. The van der Waals surface area contributed by atoms with Crippen LogP contribution in [0.25, 0.3) is 0 Å². The first-order valence-electron chi connectivity index (χ1n) is 7.53. The fraction of sp³-hybridized carbons (Fsp3) is 0.238. The Hall–Kier alpha value is -0.496. The smallest absolute Gasteiger partial charge is 1.00 e. The van der Waals surface area contributed by atoms with Crippen molar-refractivity contribution in [1.29, 1.82) is 0 Å². The molecule has 3 rings (SSSR count). The van der Waals surface area contributed by atoms with Gasteiger partial charge in [0.05, 0.1) is 0 Å². The summed E-state index contributed by atoms with van der Waals surface area (Å²) >= 11 is 0.